The van der Waals surface area contributed by atoms with Gasteiger partial charge in [0.15, 0.2) is 15.6 Å². The van der Waals surface area contributed by atoms with Crippen molar-refractivity contribution in [3.63, 3.8) is 0 Å². The van der Waals surface area contributed by atoms with E-state index >= 15 is 4.39 Å². The fourth-order valence-corrected chi connectivity index (χ4v) is 8.04. The van der Waals surface area contributed by atoms with Gasteiger partial charge in [-0.3, -0.25) is 14.8 Å². The second-order valence-corrected chi connectivity index (χ2v) is 12.3. The Morgan fingerprint density at radius 3 is 2.59 bits per heavy atom. The molecule has 2 bridgehead atoms. The van der Waals surface area contributed by atoms with Gasteiger partial charge in [0.05, 0.1) is 4.75 Å². The van der Waals surface area contributed by atoms with Crippen LogP contribution in [0.5, 0.6) is 0 Å². The molecule has 2 aliphatic rings. The second kappa shape index (κ2) is 7.20. The van der Waals surface area contributed by atoms with Gasteiger partial charge in [0.2, 0.25) is 0 Å². The van der Waals surface area contributed by atoms with Gasteiger partial charge in [0, 0.05) is 18.2 Å². The molecule has 2 aliphatic heterocycles. The molecule has 8 heteroatoms. The SMILES string of the molecule is Cc1cccnc1C(=O)Cc1ccc(F)c([C@@]2(C)N=C(N)[C@@]3(C)CCC[C@]2(C)S3(=O)=O)c1. The van der Waals surface area contributed by atoms with E-state index in [1.807, 2.05) is 13.0 Å². The van der Waals surface area contributed by atoms with E-state index in [9.17, 15) is 13.2 Å². The third kappa shape index (κ3) is 2.88. The van der Waals surface area contributed by atoms with Gasteiger partial charge >= 0.3 is 0 Å². The third-order valence-electron chi connectivity index (χ3n) is 7.60. The van der Waals surface area contributed by atoms with E-state index in [1.54, 1.807) is 39.1 Å². The smallest absolute Gasteiger partial charge is 0.185 e. The zero-order valence-electron chi connectivity index (χ0n) is 18.8. The zero-order valence-corrected chi connectivity index (χ0v) is 19.6. The van der Waals surface area contributed by atoms with Crippen molar-refractivity contribution in [2.45, 2.75) is 68.4 Å². The van der Waals surface area contributed by atoms with Crippen molar-refractivity contribution < 1.29 is 17.6 Å². The summed E-state index contributed by atoms with van der Waals surface area (Å²) in [4.78, 5) is 21.6. The highest BCUT2D eigenvalue weighted by atomic mass is 32.2. The highest BCUT2D eigenvalue weighted by molar-refractivity contribution is 7.95. The van der Waals surface area contributed by atoms with E-state index in [2.05, 4.69) is 9.98 Å². The highest BCUT2D eigenvalue weighted by Gasteiger charge is 2.67. The number of pyridine rings is 1. The molecule has 1 saturated heterocycles. The molecule has 0 aliphatic carbocycles. The first-order valence-electron chi connectivity index (χ1n) is 10.7. The fourth-order valence-electron chi connectivity index (χ4n) is 5.22. The Bertz CT molecular complexity index is 1260. The van der Waals surface area contributed by atoms with Crippen molar-refractivity contribution >= 4 is 21.5 Å². The van der Waals surface area contributed by atoms with E-state index in [-0.39, 0.29) is 23.6 Å². The molecular formula is C24H28FN3O3S. The standard InChI is InChI=1S/C24H28FN3O3S/c1-15-7-5-12-27-20(15)19(29)14-16-8-9-18(25)17(13-16)24(4)23(3)11-6-10-22(2,21(26)28-24)32(23,30)31/h5,7-9,12-13H,6,10-11,14H2,1-4H3,(H2,26,28)/t22-,23+,24-/m1/s1. The lowest BCUT2D eigenvalue weighted by Crippen LogP contribution is -2.69. The van der Waals surface area contributed by atoms with E-state index in [0.717, 1.165) is 5.56 Å². The monoisotopic (exact) mass is 457 g/mol. The van der Waals surface area contributed by atoms with Crippen LogP contribution in [0.1, 0.15) is 67.2 Å². The predicted octanol–water partition coefficient (Wildman–Crippen LogP) is 3.66. The van der Waals surface area contributed by atoms with Crippen LogP contribution in [-0.4, -0.2) is 34.5 Å². The maximum Gasteiger partial charge on any atom is 0.185 e. The van der Waals surface area contributed by atoms with Gasteiger partial charge < -0.3 is 5.73 Å². The molecule has 6 nitrogen and oxygen atoms in total. The second-order valence-electron chi connectivity index (χ2n) is 9.47. The van der Waals surface area contributed by atoms with Crippen molar-refractivity contribution in [2.75, 3.05) is 0 Å². The van der Waals surface area contributed by atoms with Crippen molar-refractivity contribution in [3.8, 4) is 0 Å². The van der Waals surface area contributed by atoms with Crippen LogP contribution in [0.3, 0.4) is 0 Å². The van der Waals surface area contributed by atoms with E-state index in [0.29, 0.717) is 30.5 Å². The van der Waals surface area contributed by atoms with Crippen LogP contribution < -0.4 is 5.73 Å². The molecule has 0 radical (unpaired) electrons. The number of amidine groups is 1. The van der Waals surface area contributed by atoms with E-state index in [4.69, 9.17) is 5.73 Å². The minimum absolute atomic E-state index is 0.0155. The summed E-state index contributed by atoms with van der Waals surface area (Å²) in [7, 11) is -3.77. The van der Waals surface area contributed by atoms with Gasteiger partial charge in [-0.15, -0.1) is 0 Å². The molecule has 1 fully saturated rings. The average Bonchev–Trinajstić information content (AvgIpc) is 2.72. The van der Waals surface area contributed by atoms with Crippen molar-refractivity contribution in [1.29, 1.82) is 0 Å². The van der Waals surface area contributed by atoms with E-state index in [1.165, 1.54) is 12.1 Å². The maximum absolute atomic E-state index is 15.2. The number of fused-ring (bicyclic) bond motifs is 2. The number of Topliss-reactive ketones (excluding diaryl/α,β-unsaturated/α-hetero) is 1. The number of halogens is 1. The number of benzene rings is 1. The number of aliphatic imine (C=N–C) groups is 1. The summed E-state index contributed by atoms with van der Waals surface area (Å²) in [6.45, 7) is 6.70. The number of nitrogens with zero attached hydrogens (tertiary/aromatic N) is 2. The first-order valence-corrected chi connectivity index (χ1v) is 12.2. The molecular weight excluding hydrogens is 429 g/mol. The maximum atomic E-state index is 15.2. The summed E-state index contributed by atoms with van der Waals surface area (Å²) in [5.41, 5.74) is 6.63. The summed E-state index contributed by atoms with van der Waals surface area (Å²) >= 11 is 0. The normalized spacial score (nSPS) is 31.1. The molecule has 32 heavy (non-hydrogen) atoms. The summed E-state index contributed by atoms with van der Waals surface area (Å²) in [5.74, 6) is -0.747. The minimum Gasteiger partial charge on any atom is -0.386 e. The van der Waals surface area contributed by atoms with Gasteiger partial charge in [-0.1, -0.05) is 12.1 Å². The molecule has 0 amide bonds. The number of sulfone groups is 1. The van der Waals surface area contributed by atoms with Gasteiger partial charge in [-0.05, 0) is 76.3 Å². The lowest BCUT2D eigenvalue weighted by Gasteiger charge is -2.55. The van der Waals surface area contributed by atoms with Crippen LogP contribution >= 0.6 is 0 Å². The Kier molecular flexibility index (Phi) is 5.08. The molecule has 4 rings (SSSR count). The Labute approximate surface area is 188 Å². The molecule has 1 aromatic heterocycles. The predicted molar refractivity (Wildman–Crippen MR) is 122 cm³/mol. The number of hydrogen-bond acceptors (Lipinski definition) is 6. The van der Waals surface area contributed by atoms with Crippen LogP contribution in [0.2, 0.25) is 0 Å². The van der Waals surface area contributed by atoms with Gasteiger partial charge in [-0.2, -0.15) is 0 Å². The average molecular weight is 458 g/mol. The third-order valence-corrected chi connectivity index (χ3v) is 11.0. The van der Waals surface area contributed by atoms with Crippen molar-refractivity contribution in [2.24, 2.45) is 10.7 Å². The number of ketones is 1. The molecule has 0 saturated carbocycles. The Morgan fingerprint density at radius 2 is 1.91 bits per heavy atom. The number of nitrogens with two attached hydrogens (primary N) is 1. The molecule has 2 N–H and O–H groups in total. The van der Waals surface area contributed by atoms with Gasteiger partial charge in [-0.25, -0.2) is 12.8 Å². The van der Waals surface area contributed by atoms with Crippen molar-refractivity contribution in [1.82, 2.24) is 4.98 Å². The van der Waals surface area contributed by atoms with Crippen LogP contribution in [0.25, 0.3) is 0 Å². The molecule has 0 spiro atoms. The molecule has 3 atom stereocenters. The fraction of sp³-hybridized carbons (Fsp3) is 0.458. The Hall–Kier alpha value is -2.61. The number of carbonyl (C=O) groups excluding carboxylic acids is 1. The molecule has 1 aromatic carbocycles. The number of aryl methyl sites for hydroxylation is 1. The number of carbonyl (C=O) groups is 1. The topological polar surface area (TPSA) is 102 Å². The lowest BCUT2D eigenvalue weighted by atomic mass is 9.74. The zero-order chi connectivity index (χ0) is 23.5. The van der Waals surface area contributed by atoms with E-state index < -0.39 is 30.7 Å². The summed E-state index contributed by atoms with van der Waals surface area (Å²) in [5, 5.41) is 0. The first kappa shape index (κ1) is 22.6. The molecule has 2 aromatic rings. The highest BCUT2D eigenvalue weighted by Crippen LogP contribution is 2.56. The van der Waals surface area contributed by atoms with Crippen LogP contribution in [0.15, 0.2) is 41.5 Å². The van der Waals surface area contributed by atoms with Gasteiger partial charge in [0.25, 0.3) is 0 Å². The van der Waals surface area contributed by atoms with Crippen LogP contribution in [-0.2, 0) is 21.8 Å². The van der Waals surface area contributed by atoms with Crippen molar-refractivity contribution in [3.05, 3.63) is 64.7 Å². The Morgan fingerprint density at radius 1 is 1.19 bits per heavy atom. The Balaban J connectivity index is 1.83. The minimum atomic E-state index is -3.77. The summed E-state index contributed by atoms with van der Waals surface area (Å²) in [6, 6.07) is 7.93. The molecule has 3 heterocycles. The van der Waals surface area contributed by atoms with Crippen LogP contribution in [0.4, 0.5) is 4.39 Å². The number of rotatable bonds is 4. The molecule has 0 unspecified atom stereocenters. The molecule has 170 valence electrons. The quantitative estimate of drug-likeness (QED) is 0.706. The number of aromatic nitrogens is 1. The van der Waals surface area contributed by atoms with Gasteiger partial charge in [0.1, 0.15) is 27.6 Å². The lowest BCUT2D eigenvalue weighted by molar-refractivity contribution is 0.0987. The number of hydrogen-bond donors (Lipinski definition) is 1. The largest absolute Gasteiger partial charge is 0.386 e. The summed E-state index contributed by atoms with van der Waals surface area (Å²) < 4.78 is 40.0. The van der Waals surface area contributed by atoms with Crippen LogP contribution in [0, 0.1) is 12.7 Å². The first-order chi connectivity index (χ1) is 14.9. The summed E-state index contributed by atoms with van der Waals surface area (Å²) in [6.07, 6.45) is 2.98.